The van der Waals surface area contributed by atoms with E-state index in [2.05, 4.69) is 44.5 Å². The normalized spacial score (nSPS) is 12.7. The first-order chi connectivity index (χ1) is 15.0. The largest absolute Gasteiger partial charge is 0.448 e. The maximum Gasteiger partial charge on any atom is 0.414 e. The van der Waals surface area contributed by atoms with Crippen molar-refractivity contribution in [2.45, 2.75) is 25.8 Å². The Kier molecular flexibility index (Phi) is 4.54. The van der Waals surface area contributed by atoms with Gasteiger partial charge in [-0.1, -0.05) is 48.5 Å². The molecule has 4 aromatic rings. The van der Waals surface area contributed by atoms with Crippen LogP contribution >= 0.6 is 0 Å². The second-order valence-electron chi connectivity index (χ2n) is 7.78. The van der Waals surface area contributed by atoms with Gasteiger partial charge in [-0.2, -0.15) is 4.98 Å². The van der Waals surface area contributed by atoms with E-state index >= 15 is 0 Å². The number of amides is 1. The van der Waals surface area contributed by atoms with Crippen LogP contribution in [0.3, 0.4) is 0 Å². The van der Waals surface area contributed by atoms with Crippen molar-refractivity contribution >= 4 is 23.2 Å². The van der Waals surface area contributed by atoms with Crippen LogP contribution in [0.4, 0.5) is 10.7 Å². The summed E-state index contributed by atoms with van der Waals surface area (Å²) in [6, 6.07) is 16.3. The number of hydrogen-bond acceptors (Lipinski definition) is 5. The average molecular weight is 415 g/mol. The Hall–Kier alpha value is -3.94. The van der Waals surface area contributed by atoms with E-state index in [0.717, 1.165) is 22.3 Å². The number of carbonyl (C=O) groups is 1. The average Bonchev–Trinajstić information content (AvgIpc) is 3.32. The summed E-state index contributed by atoms with van der Waals surface area (Å²) in [5.74, 6) is -0.0212. The van der Waals surface area contributed by atoms with Gasteiger partial charge in [-0.3, -0.25) is 15.1 Å². The molecule has 2 aromatic carbocycles. The number of aromatic amines is 1. The fourth-order valence-electron chi connectivity index (χ4n) is 4.09. The summed E-state index contributed by atoms with van der Waals surface area (Å²) in [6.07, 6.45) is 0.884. The number of ether oxygens (including phenoxy) is 1. The van der Waals surface area contributed by atoms with Crippen LogP contribution in [0.25, 0.3) is 22.3 Å². The van der Waals surface area contributed by atoms with Gasteiger partial charge in [-0.05, 0) is 36.1 Å². The number of aromatic nitrogens is 4. The lowest BCUT2D eigenvalue weighted by atomic mass is 9.98. The van der Waals surface area contributed by atoms with Crippen molar-refractivity contribution in [3.05, 3.63) is 76.3 Å². The highest BCUT2D eigenvalue weighted by molar-refractivity contribution is 5.84. The number of fused-ring (bicyclic) bond motifs is 4. The molecule has 5 rings (SSSR count). The Morgan fingerprint density at radius 3 is 2.42 bits per heavy atom. The Bertz CT molecular complexity index is 1310. The molecule has 0 aliphatic heterocycles. The van der Waals surface area contributed by atoms with Gasteiger partial charge in [0.25, 0.3) is 5.56 Å². The van der Waals surface area contributed by atoms with Gasteiger partial charge in [-0.25, -0.2) is 9.78 Å². The fraction of sp³-hybridized carbons (Fsp3) is 0.217. The zero-order valence-electron chi connectivity index (χ0n) is 17.1. The highest BCUT2D eigenvalue weighted by Crippen LogP contribution is 2.44. The first-order valence-electron chi connectivity index (χ1n) is 10.1. The zero-order chi connectivity index (χ0) is 21.5. The van der Waals surface area contributed by atoms with Gasteiger partial charge >= 0.3 is 6.09 Å². The van der Waals surface area contributed by atoms with Crippen molar-refractivity contribution in [2.75, 3.05) is 11.9 Å². The van der Waals surface area contributed by atoms with E-state index in [1.54, 1.807) is 10.9 Å². The summed E-state index contributed by atoms with van der Waals surface area (Å²) in [5, 5.41) is 2.53. The molecule has 1 aliphatic rings. The molecule has 0 saturated carbocycles. The second-order valence-corrected chi connectivity index (χ2v) is 7.78. The molecule has 1 aliphatic carbocycles. The van der Waals surface area contributed by atoms with E-state index in [9.17, 15) is 9.59 Å². The lowest BCUT2D eigenvalue weighted by Crippen LogP contribution is -2.21. The lowest BCUT2D eigenvalue weighted by Gasteiger charge is -2.14. The monoisotopic (exact) mass is 415 g/mol. The van der Waals surface area contributed by atoms with E-state index in [4.69, 9.17) is 4.74 Å². The van der Waals surface area contributed by atoms with Gasteiger partial charge in [0.05, 0.1) is 6.33 Å². The van der Waals surface area contributed by atoms with E-state index in [1.807, 2.05) is 38.1 Å². The van der Waals surface area contributed by atoms with Gasteiger partial charge < -0.3 is 9.30 Å². The smallest absolute Gasteiger partial charge is 0.414 e. The summed E-state index contributed by atoms with van der Waals surface area (Å²) in [5.41, 5.74) is 4.80. The van der Waals surface area contributed by atoms with E-state index in [0.29, 0.717) is 5.65 Å². The minimum Gasteiger partial charge on any atom is -0.448 e. The summed E-state index contributed by atoms with van der Waals surface area (Å²) in [4.78, 5) is 35.8. The summed E-state index contributed by atoms with van der Waals surface area (Å²) >= 11 is 0. The minimum atomic E-state index is -0.681. The first kappa shape index (κ1) is 19.0. The van der Waals surface area contributed by atoms with Gasteiger partial charge in [0.2, 0.25) is 5.95 Å². The van der Waals surface area contributed by atoms with Crippen molar-refractivity contribution in [1.82, 2.24) is 19.5 Å². The number of carbonyl (C=O) groups excluding carboxylic acids is 1. The quantitative estimate of drug-likeness (QED) is 0.523. The molecule has 0 bridgehead atoms. The number of hydrogen-bond donors (Lipinski definition) is 2. The third kappa shape index (κ3) is 3.26. The van der Waals surface area contributed by atoms with Crippen LogP contribution in [0.5, 0.6) is 0 Å². The lowest BCUT2D eigenvalue weighted by molar-refractivity contribution is 0.158. The number of imidazole rings is 1. The molecule has 0 radical (unpaired) electrons. The third-order valence-electron chi connectivity index (χ3n) is 5.55. The van der Waals surface area contributed by atoms with Crippen molar-refractivity contribution in [3.8, 4) is 11.1 Å². The van der Waals surface area contributed by atoms with Crippen LogP contribution in [-0.2, 0) is 4.74 Å². The summed E-state index contributed by atoms with van der Waals surface area (Å²) in [7, 11) is 0. The zero-order valence-corrected chi connectivity index (χ0v) is 17.1. The maximum atomic E-state index is 12.5. The molecule has 0 atom stereocenters. The predicted molar refractivity (Wildman–Crippen MR) is 117 cm³/mol. The summed E-state index contributed by atoms with van der Waals surface area (Å²) in [6.45, 7) is 4.10. The molecule has 2 aromatic heterocycles. The molecule has 8 nitrogen and oxygen atoms in total. The third-order valence-corrected chi connectivity index (χ3v) is 5.55. The molecule has 0 fully saturated rings. The Morgan fingerprint density at radius 2 is 1.77 bits per heavy atom. The SMILES string of the molecule is CC(C)n1cnc2c(=O)[nH]c(NC(=O)OCC3c4ccccc4-c4ccccc43)nc21. The van der Waals surface area contributed by atoms with Crippen molar-refractivity contribution in [2.24, 2.45) is 0 Å². The topological polar surface area (TPSA) is 102 Å². The highest BCUT2D eigenvalue weighted by Gasteiger charge is 2.29. The minimum absolute atomic E-state index is 0.0251. The molecule has 1 amide bonds. The summed E-state index contributed by atoms with van der Waals surface area (Å²) < 4.78 is 7.29. The molecular formula is C23H21N5O3. The Balaban J connectivity index is 1.35. The molecule has 31 heavy (non-hydrogen) atoms. The van der Waals surface area contributed by atoms with Gasteiger partial charge in [-0.15, -0.1) is 0 Å². The van der Waals surface area contributed by atoms with E-state index < -0.39 is 11.7 Å². The van der Waals surface area contributed by atoms with Crippen LogP contribution < -0.4 is 10.9 Å². The number of nitrogens with zero attached hydrogens (tertiary/aromatic N) is 3. The highest BCUT2D eigenvalue weighted by atomic mass is 16.5. The maximum absolute atomic E-state index is 12.5. The van der Waals surface area contributed by atoms with Crippen molar-refractivity contribution in [1.29, 1.82) is 0 Å². The molecule has 2 heterocycles. The second kappa shape index (κ2) is 7.39. The van der Waals surface area contributed by atoms with Crippen LogP contribution in [-0.4, -0.2) is 32.2 Å². The molecule has 0 saturated heterocycles. The van der Waals surface area contributed by atoms with Crippen LogP contribution in [0, 0.1) is 0 Å². The first-order valence-corrected chi connectivity index (χ1v) is 10.1. The number of rotatable bonds is 4. The Labute approximate surface area is 177 Å². The number of H-pyrrole nitrogens is 1. The Morgan fingerprint density at radius 1 is 1.13 bits per heavy atom. The van der Waals surface area contributed by atoms with Crippen LogP contribution in [0.15, 0.2) is 59.7 Å². The van der Waals surface area contributed by atoms with E-state index in [-0.39, 0.29) is 30.0 Å². The molecule has 156 valence electrons. The fourth-order valence-corrected chi connectivity index (χ4v) is 4.09. The van der Waals surface area contributed by atoms with Crippen LogP contribution in [0.1, 0.15) is 36.9 Å². The van der Waals surface area contributed by atoms with Gasteiger partial charge in [0, 0.05) is 12.0 Å². The molecular weight excluding hydrogens is 394 g/mol. The van der Waals surface area contributed by atoms with Gasteiger partial charge in [0.1, 0.15) is 6.61 Å². The van der Waals surface area contributed by atoms with E-state index in [1.165, 1.54) is 0 Å². The molecule has 8 heteroatoms. The number of nitrogens with one attached hydrogen (secondary N) is 2. The molecule has 2 N–H and O–H groups in total. The molecule has 0 unspecified atom stereocenters. The van der Waals surface area contributed by atoms with Gasteiger partial charge in [0.15, 0.2) is 11.2 Å². The standard InChI is InChI=1S/C23H21N5O3/c1-13(2)28-12-24-19-20(28)25-22(26-21(19)29)27-23(30)31-11-18-16-9-5-3-7-14(16)15-8-4-6-10-17(15)18/h3-10,12-13,18H,11H2,1-2H3,(H2,25,26,27,29,30). The number of benzene rings is 2. The van der Waals surface area contributed by atoms with Crippen molar-refractivity contribution < 1.29 is 9.53 Å². The number of anilines is 1. The predicted octanol–water partition coefficient (Wildman–Crippen LogP) is 4.06. The van der Waals surface area contributed by atoms with Crippen LogP contribution in [0.2, 0.25) is 0 Å². The molecule has 0 spiro atoms. The van der Waals surface area contributed by atoms with Crippen molar-refractivity contribution in [3.63, 3.8) is 0 Å².